The molecule has 1 aliphatic rings. The van der Waals surface area contributed by atoms with E-state index >= 15 is 0 Å². The molecule has 0 spiro atoms. The summed E-state index contributed by atoms with van der Waals surface area (Å²) in [7, 11) is 1.30. The van der Waals surface area contributed by atoms with Crippen LogP contribution in [-0.4, -0.2) is 24.3 Å². The first-order valence-electron chi connectivity index (χ1n) is 10.3. The molecule has 0 radical (unpaired) electrons. The van der Waals surface area contributed by atoms with Crippen LogP contribution < -0.4 is 9.47 Å². The summed E-state index contributed by atoms with van der Waals surface area (Å²) in [4.78, 5) is 11.6. The molecule has 0 fully saturated rings. The molecule has 0 saturated carbocycles. The molecule has 0 amide bonds. The van der Waals surface area contributed by atoms with E-state index in [0.29, 0.717) is 17.7 Å². The molecule has 3 aromatic rings. The van der Waals surface area contributed by atoms with Crippen molar-refractivity contribution in [3.05, 3.63) is 88.0 Å². The number of fused-ring (bicyclic) bond motifs is 1. The predicted octanol–water partition coefficient (Wildman–Crippen LogP) is 5.80. The molecular formula is C25H21F4NO4. The van der Waals surface area contributed by atoms with Crippen LogP contribution in [0, 0.1) is 12.7 Å². The lowest BCUT2D eigenvalue weighted by Gasteiger charge is -2.20. The maximum absolute atomic E-state index is 14.8. The van der Waals surface area contributed by atoms with Crippen LogP contribution in [0.5, 0.6) is 11.5 Å². The number of alkyl halides is 3. The Morgan fingerprint density at radius 2 is 1.97 bits per heavy atom. The number of nitrogens with zero attached hydrogens (tertiary/aromatic N) is 1. The van der Waals surface area contributed by atoms with E-state index in [1.165, 1.54) is 19.2 Å². The molecule has 0 N–H and O–H groups in total. The van der Waals surface area contributed by atoms with E-state index in [1.807, 2.05) is 0 Å². The SMILES string of the molecule is COC(=O)c1ccn(CC2=Cc3c(F)cc(OCc4ccc(C)cc4C(F)(F)F)cc3OC2)c1. The molecule has 5 nitrogen and oxygen atoms in total. The van der Waals surface area contributed by atoms with Crippen molar-refractivity contribution < 1.29 is 36.6 Å². The highest BCUT2D eigenvalue weighted by Crippen LogP contribution is 2.36. The minimum atomic E-state index is -4.52. The Labute approximate surface area is 193 Å². The quantitative estimate of drug-likeness (QED) is 0.334. The highest BCUT2D eigenvalue weighted by Gasteiger charge is 2.33. The zero-order chi connectivity index (χ0) is 24.5. The fourth-order valence-corrected chi connectivity index (χ4v) is 3.67. The molecule has 178 valence electrons. The second-order valence-electron chi connectivity index (χ2n) is 7.92. The van der Waals surface area contributed by atoms with Crippen molar-refractivity contribution in [2.75, 3.05) is 13.7 Å². The van der Waals surface area contributed by atoms with Gasteiger partial charge in [0.1, 0.15) is 30.5 Å². The molecule has 2 heterocycles. The van der Waals surface area contributed by atoms with Crippen molar-refractivity contribution in [3.8, 4) is 11.5 Å². The molecule has 1 aliphatic heterocycles. The highest BCUT2D eigenvalue weighted by atomic mass is 19.4. The van der Waals surface area contributed by atoms with Gasteiger partial charge in [-0.15, -0.1) is 0 Å². The van der Waals surface area contributed by atoms with Crippen molar-refractivity contribution in [1.29, 1.82) is 0 Å². The number of rotatable bonds is 6. The fraction of sp³-hybridized carbons (Fsp3) is 0.240. The molecule has 0 saturated heterocycles. The first-order chi connectivity index (χ1) is 16.1. The number of esters is 1. The van der Waals surface area contributed by atoms with Crippen LogP contribution in [0.4, 0.5) is 17.6 Å². The van der Waals surface area contributed by atoms with Gasteiger partial charge in [0.05, 0.1) is 23.8 Å². The lowest BCUT2D eigenvalue weighted by molar-refractivity contribution is -0.138. The predicted molar refractivity (Wildman–Crippen MR) is 116 cm³/mol. The number of ether oxygens (including phenoxy) is 3. The number of aryl methyl sites for hydroxylation is 1. The molecule has 1 aromatic heterocycles. The largest absolute Gasteiger partial charge is 0.489 e. The zero-order valence-corrected chi connectivity index (χ0v) is 18.4. The van der Waals surface area contributed by atoms with Gasteiger partial charge in [-0.2, -0.15) is 13.2 Å². The summed E-state index contributed by atoms with van der Waals surface area (Å²) in [6.45, 7) is 1.76. The van der Waals surface area contributed by atoms with Gasteiger partial charge in [0.25, 0.3) is 0 Å². The molecule has 0 aliphatic carbocycles. The smallest absolute Gasteiger partial charge is 0.416 e. The Balaban J connectivity index is 1.50. The van der Waals surface area contributed by atoms with Gasteiger partial charge in [0, 0.05) is 36.6 Å². The topological polar surface area (TPSA) is 49.7 Å². The monoisotopic (exact) mass is 475 g/mol. The normalized spacial score (nSPS) is 13.1. The van der Waals surface area contributed by atoms with Crippen molar-refractivity contribution in [1.82, 2.24) is 4.57 Å². The van der Waals surface area contributed by atoms with E-state index in [1.54, 1.807) is 42.1 Å². The average Bonchev–Trinajstić information content (AvgIpc) is 3.26. The van der Waals surface area contributed by atoms with Crippen molar-refractivity contribution in [2.45, 2.75) is 26.3 Å². The third kappa shape index (κ3) is 5.08. The van der Waals surface area contributed by atoms with Crippen LogP contribution in [0.25, 0.3) is 6.08 Å². The van der Waals surface area contributed by atoms with E-state index in [-0.39, 0.29) is 35.8 Å². The molecular weight excluding hydrogens is 454 g/mol. The van der Waals surface area contributed by atoms with Crippen molar-refractivity contribution in [2.24, 2.45) is 0 Å². The number of hydrogen-bond acceptors (Lipinski definition) is 4. The first kappa shape index (κ1) is 23.4. The van der Waals surface area contributed by atoms with Gasteiger partial charge >= 0.3 is 12.1 Å². The molecule has 4 rings (SSSR count). The second-order valence-corrected chi connectivity index (χ2v) is 7.92. The number of benzene rings is 2. The van der Waals surface area contributed by atoms with Crippen LogP contribution in [0.3, 0.4) is 0 Å². The zero-order valence-electron chi connectivity index (χ0n) is 18.4. The van der Waals surface area contributed by atoms with Gasteiger partial charge in [-0.25, -0.2) is 9.18 Å². The summed E-state index contributed by atoms with van der Waals surface area (Å²) < 4.78 is 72.4. The van der Waals surface area contributed by atoms with Gasteiger partial charge in [0.2, 0.25) is 0 Å². The van der Waals surface area contributed by atoms with Crippen LogP contribution >= 0.6 is 0 Å². The van der Waals surface area contributed by atoms with Crippen LogP contribution in [0.2, 0.25) is 0 Å². The number of methoxy groups -OCH3 is 1. The highest BCUT2D eigenvalue weighted by molar-refractivity contribution is 5.89. The Kier molecular flexibility index (Phi) is 6.37. The van der Waals surface area contributed by atoms with Crippen molar-refractivity contribution >= 4 is 12.0 Å². The standard InChI is InChI=1S/C25H21F4NO4/c1-15-3-4-18(21(7-15)25(27,28)29)14-33-19-9-22(26)20-8-16(13-34-23(20)10-19)11-30-6-5-17(12-30)24(31)32-2/h3-10,12H,11,13-14H2,1-2H3. The second kappa shape index (κ2) is 9.24. The Morgan fingerprint density at radius 1 is 1.18 bits per heavy atom. The van der Waals surface area contributed by atoms with E-state index in [4.69, 9.17) is 9.47 Å². The first-order valence-corrected chi connectivity index (χ1v) is 10.3. The van der Waals surface area contributed by atoms with Gasteiger partial charge in [-0.05, 0) is 30.7 Å². The summed E-state index contributed by atoms with van der Waals surface area (Å²) >= 11 is 0. The number of halogens is 4. The lowest BCUT2D eigenvalue weighted by atomic mass is 10.0. The van der Waals surface area contributed by atoms with E-state index < -0.39 is 23.5 Å². The number of carbonyl (C=O) groups is 1. The van der Waals surface area contributed by atoms with Gasteiger partial charge < -0.3 is 18.8 Å². The van der Waals surface area contributed by atoms with Gasteiger partial charge in [-0.3, -0.25) is 0 Å². The number of aromatic nitrogens is 1. The molecule has 2 aromatic carbocycles. The van der Waals surface area contributed by atoms with Crippen LogP contribution in [-0.2, 0) is 24.1 Å². The summed E-state index contributed by atoms with van der Waals surface area (Å²) in [5, 5.41) is 0. The molecule has 0 bridgehead atoms. The van der Waals surface area contributed by atoms with Crippen LogP contribution in [0.1, 0.15) is 32.6 Å². The fourth-order valence-electron chi connectivity index (χ4n) is 3.67. The average molecular weight is 475 g/mol. The van der Waals surface area contributed by atoms with Crippen LogP contribution in [0.15, 0.2) is 54.4 Å². The summed E-state index contributed by atoms with van der Waals surface area (Å²) in [5.74, 6) is -0.770. The molecule has 9 heteroatoms. The van der Waals surface area contributed by atoms with E-state index in [2.05, 4.69) is 4.74 Å². The molecule has 0 unspecified atom stereocenters. The maximum atomic E-state index is 14.8. The molecule has 0 atom stereocenters. The number of hydrogen-bond donors (Lipinski definition) is 0. The lowest BCUT2D eigenvalue weighted by Crippen LogP contribution is -2.13. The minimum Gasteiger partial charge on any atom is -0.489 e. The third-order valence-electron chi connectivity index (χ3n) is 5.35. The van der Waals surface area contributed by atoms with E-state index in [9.17, 15) is 22.4 Å². The Morgan fingerprint density at radius 3 is 2.71 bits per heavy atom. The summed E-state index contributed by atoms with van der Waals surface area (Å²) in [5.41, 5.74) is 1.04. The summed E-state index contributed by atoms with van der Waals surface area (Å²) in [6, 6.07) is 8.17. The Bertz CT molecular complexity index is 1260. The van der Waals surface area contributed by atoms with Gasteiger partial charge in [0.15, 0.2) is 0 Å². The van der Waals surface area contributed by atoms with Gasteiger partial charge in [-0.1, -0.05) is 17.7 Å². The maximum Gasteiger partial charge on any atom is 0.416 e. The summed E-state index contributed by atoms with van der Waals surface area (Å²) in [6.07, 6.45) is 0.455. The third-order valence-corrected chi connectivity index (χ3v) is 5.35. The van der Waals surface area contributed by atoms with E-state index in [0.717, 1.165) is 17.7 Å². The molecule has 34 heavy (non-hydrogen) atoms. The minimum absolute atomic E-state index is 0.0441. The Hall–Kier alpha value is -3.75. The van der Waals surface area contributed by atoms with Crippen molar-refractivity contribution in [3.63, 3.8) is 0 Å². The number of carbonyl (C=O) groups excluding carboxylic acids is 1.